The van der Waals surface area contributed by atoms with E-state index in [1.165, 1.54) is 17.1 Å². The molecule has 8 nitrogen and oxygen atoms in total. The van der Waals surface area contributed by atoms with Gasteiger partial charge in [-0.3, -0.25) is 14.5 Å². The molecule has 0 atom stereocenters. The van der Waals surface area contributed by atoms with Crippen molar-refractivity contribution < 1.29 is 8.42 Å². The second-order valence-corrected chi connectivity index (χ2v) is 5.06. The highest BCUT2D eigenvalue weighted by Gasteiger charge is 2.20. The number of H-pyrrole nitrogens is 1. The number of aryl methyl sites for hydroxylation is 1. The Morgan fingerprint density at radius 2 is 2.29 bits per heavy atom. The number of nitrogens with zero attached hydrogens (tertiary/aromatic N) is 3. The Morgan fingerprint density at radius 3 is 2.88 bits per heavy atom. The summed E-state index contributed by atoms with van der Waals surface area (Å²) in [6.07, 6.45) is 4.35. The summed E-state index contributed by atoms with van der Waals surface area (Å²) in [5.41, 5.74) is 6.23. The highest BCUT2D eigenvalue weighted by Crippen LogP contribution is 2.16. The molecule has 2 rings (SSSR count). The highest BCUT2D eigenvalue weighted by atomic mass is 32.2. The van der Waals surface area contributed by atoms with Crippen LogP contribution in [-0.4, -0.2) is 28.4 Å². The van der Waals surface area contributed by atoms with Gasteiger partial charge in [0.25, 0.3) is 10.0 Å². The van der Waals surface area contributed by atoms with E-state index in [0.717, 1.165) is 0 Å². The maximum absolute atomic E-state index is 12.0. The standard InChI is InChI=1S/C8H12N6O2S/c1-14-5-7(4-11-14)13-17(15,16)8-6(2-9)3-10-12-8/h3-5,13H,2,9H2,1H3,(H,10,12). The van der Waals surface area contributed by atoms with Crippen LogP contribution < -0.4 is 10.5 Å². The number of aromatic nitrogens is 4. The van der Waals surface area contributed by atoms with Gasteiger partial charge in [0.1, 0.15) is 0 Å². The van der Waals surface area contributed by atoms with Gasteiger partial charge in [0.15, 0.2) is 5.03 Å². The maximum atomic E-state index is 12.0. The predicted octanol–water partition coefficient (Wildman–Crippen LogP) is -0.597. The molecule has 2 heterocycles. The third kappa shape index (κ3) is 2.29. The monoisotopic (exact) mass is 256 g/mol. The van der Waals surface area contributed by atoms with Crippen LogP contribution in [0.1, 0.15) is 5.56 Å². The summed E-state index contributed by atoms with van der Waals surface area (Å²) in [4.78, 5) is 0. The van der Waals surface area contributed by atoms with Crippen LogP contribution in [0.15, 0.2) is 23.6 Å². The van der Waals surface area contributed by atoms with E-state index >= 15 is 0 Å². The van der Waals surface area contributed by atoms with Crippen LogP contribution in [0.3, 0.4) is 0 Å². The van der Waals surface area contributed by atoms with E-state index in [4.69, 9.17) is 5.73 Å². The zero-order chi connectivity index (χ0) is 12.5. The number of hydrogen-bond acceptors (Lipinski definition) is 5. The Bertz CT molecular complexity index is 614. The van der Waals surface area contributed by atoms with Crippen molar-refractivity contribution in [3.05, 3.63) is 24.2 Å². The van der Waals surface area contributed by atoms with Gasteiger partial charge in [-0.05, 0) is 0 Å². The molecule has 0 radical (unpaired) electrons. The quantitative estimate of drug-likeness (QED) is 0.675. The summed E-state index contributed by atoms with van der Waals surface area (Å²) in [6.45, 7) is 0.0970. The Kier molecular flexibility index (Phi) is 2.86. The van der Waals surface area contributed by atoms with Crippen molar-refractivity contribution in [3.63, 3.8) is 0 Å². The first-order chi connectivity index (χ1) is 8.03. The van der Waals surface area contributed by atoms with Gasteiger partial charge in [0, 0.05) is 25.4 Å². The van der Waals surface area contributed by atoms with Crippen LogP contribution in [0.4, 0.5) is 5.69 Å². The molecule has 0 saturated carbocycles. The Labute approximate surface area is 97.9 Å². The molecule has 4 N–H and O–H groups in total. The molecule has 0 bridgehead atoms. The van der Waals surface area contributed by atoms with Crippen molar-refractivity contribution in [2.45, 2.75) is 11.6 Å². The molecule has 0 unspecified atom stereocenters. The van der Waals surface area contributed by atoms with Gasteiger partial charge in [-0.1, -0.05) is 0 Å². The van der Waals surface area contributed by atoms with Gasteiger partial charge in [-0.15, -0.1) is 0 Å². The second-order valence-electron chi connectivity index (χ2n) is 3.44. The minimum absolute atomic E-state index is 0.0242. The van der Waals surface area contributed by atoms with E-state index in [1.54, 1.807) is 13.2 Å². The molecule has 0 fully saturated rings. The number of anilines is 1. The van der Waals surface area contributed by atoms with Crippen molar-refractivity contribution in [3.8, 4) is 0 Å². The average molecular weight is 256 g/mol. The van der Waals surface area contributed by atoms with E-state index in [2.05, 4.69) is 20.0 Å². The first-order valence-corrected chi connectivity index (χ1v) is 6.25. The summed E-state index contributed by atoms with van der Waals surface area (Å²) < 4.78 is 27.8. The minimum Gasteiger partial charge on any atom is -0.326 e. The summed E-state index contributed by atoms with van der Waals surface area (Å²) in [6, 6.07) is 0. The third-order valence-electron chi connectivity index (χ3n) is 2.12. The van der Waals surface area contributed by atoms with Crippen LogP contribution in [0.25, 0.3) is 0 Å². The molecule has 2 aromatic rings. The van der Waals surface area contributed by atoms with E-state index in [1.807, 2.05) is 0 Å². The molecule has 0 aliphatic rings. The lowest BCUT2D eigenvalue weighted by Crippen LogP contribution is -2.15. The Morgan fingerprint density at radius 1 is 1.53 bits per heavy atom. The molecule has 92 valence electrons. The first-order valence-electron chi connectivity index (χ1n) is 4.76. The normalized spacial score (nSPS) is 11.6. The van der Waals surface area contributed by atoms with Crippen LogP contribution in [0, 0.1) is 0 Å². The number of hydrogen-bond donors (Lipinski definition) is 3. The molecule has 2 aromatic heterocycles. The number of aromatic amines is 1. The van der Waals surface area contributed by atoms with Gasteiger partial charge in [-0.25, -0.2) is 0 Å². The average Bonchev–Trinajstić information content (AvgIpc) is 2.86. The van der Waals surface area contributed by atoms with E-state index < -0.39 is 10.0 Å². The summed E-state index contributed by atoms with van der Waals surface area (Å²) in [5.74, 6) is 0. The Balaban J connectivity index is 2.31. The fourth-order valence-corrected chi connectivity index (χ4v) is 2.53. The lowest BCUT2D eigenvalue weighted by Gasteiger charge is -2.04. The SMILES string of the molecule is Cn1cc(NS(=O)(=O)c2[nH]ncc2CN)cn1. The van der Waals surface area contributed by atoms with Crippen LogP contribution in [0.5, 0.6) is 0 Å². The Hall–Kier alpha value is -1.87. The molecule has 9 heteroatoms. The molecule has 0 aliphatic carbocycles. The summed E-state index contributed by atoms with van der Waals surface area (Å²) in [5, 5.41) is 9.92. The predicted molar refractivity (Wildman–Crippen MR) is 60.5 cm³/mol. The highest BCUT2D eigenvalue weighted by molar-refractivity contribution is 7.92. The van der Waals surface area contributed by atoms with Crippen molar-refractivity contribution >= 4 is 15.7 Å². The number of nitrogens with two attached hydrogens (primary N) is 1. The molecule has 0 amide bonds. The topological polar surface area (TPSA) is 119 Å². The molecule has 0 aliphatic heterocycles. The van der Waals surface area contributed by atoms with E-state index in [9.17, 15) is 8.42 Å². The maximum Gasteiger partial charge on any atom is 0.279 e. The van der Waals surface area contributed by atoms with Crippen molar-refractivity contribution in [1.29, 1.82) is 0 Å². The number of rotatable bonds is 4. The first kappa shape index (κ1) is 11.6. The van der Waals surface area contributed by atoms with E-state index in [0.29, 0.717) is 11.3 Å². The van der Waals surface area contributed by atoms with Crippen LogP contribution in [0.2, 0.25) is 0 Å². The minimum atomic E-state index is -3.70. The zero-order valence-corrected chi connectivity index (χ0v) is 9.90. The molecule has 0 aromatic carbocycles. The number of sulfonamides is 1. The lowest BCUT2D eigenvalue weighted by atomic mass is 10.4. The summed E-state index contributed by atoms with van der Waals surface area (Å²) >= 11 is 0. The van der Waals surface area contributed by atoms with Gasteiger partial charge in [0.2, 0.25) is 0 Å². The van der Waals surface area contributed by atoms with Crippen molar-refractivity contribution in [1.82, 2.24) is 20.0 Å². The zero-order valence-electron chi connectivity index (χ0n) is 9.08. The van der Waals surface area contributed by atoms with Crippen molar-refractivity contribution in [2.75, 3.05) is 4.72 Å². The van der Waals surface area contributed by atoms with Crippen LogP contribution in [-0.2, 0) is 23.6 Å². The van der Waals surface area contributed by atoms with Crippen molar-refractivity contribution in [2.24, 2.45) is 12.8 Å². The fraction of sp³-hybridized carbons (Fsp3) is 0.250. The van der Waals surface area contributed by atoms with Gasteiger partial charge >= 0.3 is 0 Å². The summed E-state index contributed by atoms with van der Waals surface area (Å²) in [7, 11) is -2.01. The smallest absolute Gasteiger partial charge is 0.279 e. The largest absolute Gasteiger partial charge is 0.326 e. The molecule has 0 spiro atoms. The van der Waals surface area contributed by atoms with E-state index in [-0.39, 0.29) is 11.6 Å². The molecular weight excluding hydrogens is 244 g/mol. The number of nitrogens with one attached hydrogen (secondary N) is 2. The van der Waals surface area contributed by atoms with Gasteiger partial charge in [0.05, 0.1) is 18.1 Å². The third-order valence-corrected chi connectivity index (χ3v) is 3.52. The molecular formula is C8H12N6O2S. The lowest BCUT2D eigenvalue weighted by molar-refractivity contribution is 0.596. The fourth-order valence-electron chi connectivity index (χ4n) is 1.36. The van der Waals surface area contributed by atoms with Gasteiger partial charge in [-0.2, -0.15) is 18.6 Å². The van der Waals surface area contributed by atoms with Crippen LogP contribution >= 0.6 is 0 Å². The molecule has 17 heavy (non-hydrogen) atoms. The second kappa shape index (κ2) is 4.18. The van der Waals surface area contributed by atoms with Gasteiger partial charge < -0.3 is 5.73 Å². The molecule has 0 saturated heterocycles.